The predicted molar refractivity (Wildman–Crippen MR) is 56.5 cm³/mol. The number of benzene rings is 1. The van der Waals surface area contributed by atoms with E-state index < -0.39 is 0 Å². The first kappa shape index (κ1) is 11.0. The third-order valence-electron chi connectivity index (χ3n) is 2.20. The van der Waals surface area contributed by atoms with Crippen LogP contribution in [0.1, 0.15) is 11.1 Å². The van der Waals surface area contributed by atoms with Gasteiger partial charge in [0.05, 0.1) is 13.7 Å². The van der Waals surface area contributed by atoms with Crippen LogP contribution in [0.25, 0.3) is 0 Å². The number of hydrogen-bond donors (Lipinski definition) is 2. The van der Waals surface area contributed by atoms with E-state index in [4.69, 9.17) is 15.6 Å². The molecule has 1 aromatic rings. The maximum atomic E-state index is 8.82. The van der Waals surface area contributed by atoms with Gasteiger partial charge in [-0.05, 0) is 30.5 Å². The van der Waals surface area contributed by atoms with Gasteiger partial charge in [-0.15, -0.1) is 0 Å². The van der Waals surface area contributed by atoms with Gasteiger partial charge in [0.1, 0.15) is 5.75 Å². The van der Waals surface area contributed by atoms with E-state index in [2.05, 4.69) is 0 Å². The summed E-state index contributed by atoms with van der Waals surface area (Å²) in [6.07, 6.45) is 0.674. The lowest BCUT2D eigenvalue weighted by molar-refractivity contribution is 0.265. The summed E-state index contributed by atoms with van der Waals surface area (Å²) in [4.78, 5) is 0. The van der Waals surface area contributed by atoms with Gasteiger partial charge in [-0.3, -0.25) is 0 Å². The minimum atomic E-state index is -0.192. The first-order valence-corrected chi connectivity index (χ1v) is 4.67. The number of methoxy groups -OCH3 is 1. The second-order valence-electron chi connectivity index (χ2n) is 3.45. The largest absolute Gasteiger partial charge is 0.496 e. The molecule has 0 spiro atoms. The highest BCUT2D eigenvalue weighted by Crippen LogP contribution is 2.19. The van der Waals surface area contributed by atoms with Gasteiger partial charge in [0.15, 0.2) is 0 Å². The standard InChI is InChI=1S/C11H17NO2/c1-8-3-4-9(5-10(12)7-13)6-11(8)14-2/h3-4,6,10,13H,5,7,12H2,1-2H3. The fourth-order valence-corrected chi connectivity index (χ4v) is 1.36. The number of aryl methyl sites for hydroxylation is 1. The van der Waals surface area contributed by atoms with Crippen molar-refractivity contribution in [2.45, 2.75) is 19.4 Å². The van der Waals surface area contributed by atoms with Crippen LogP contribution in [-0.2, 0) is 6.42 Å². The Morgan fingerprint density at radius 2 is 2.21 bits per heavy atom. The molecule has 0 aliphatic heterocycles. The SMILES string of the molecule is COc1cc(CC(N)CO)ccc1C. The molecule has 0 heterocycles. The highest BCUT2D eigenvalue weighted by Gasteiger charge is 2.04. The Morgan fingerprint density at radius 3 is 2.79 bits per heavy atom. The van der Waals surface area contributed by atoms with Crippen molar-refractivity contribution in [3.05, 3.63) is 29.3 Å². The van der Waals surface area contributed by atoms with Gasteiger partial charge in [-0.2, -0.15) is 0 Å². The smallest absolute Gasteiger partial charge is 0.122 e. The zero-order valence-electron chi connectivity index (χ0n) is 8.66. The summed E-state index contributed by atoms with van der Waals surface area (Å²) < 4.78 is 5.20. The van der Waals surface area contributed by atoms with Crippen molar-refractivity contribution in [3.8, 4) is 5.75 Å². The molecule has 3 heteroatoms. The van der Waals surface area contributed by atoms with Crippen LogP contribution in [0, 0.1) is 6.92 Å². The molecule has 1 atom stereocenters. The van der Waals surface area contributed by atoms with E-state index in [0.29, 0.717) is 6.42 Å². The zero-order chi connectivity index (χ0) is 10.6. The van der Waals surface area contributed by atoms with E-state index in [1.165, 1.54) is 0 Å². The molecule has 0 saturated heterocycles. The summed E-state index contributed by atoms with van der Waals surface area (Å²) in [5, 5.41) is 8.82. The Bertz CT molecular complexity index is 299. The summed E-state index contributed by atoms with van der Waals surface area (Å²) in [6.45, 7) is 2.00. The van der Waals surface area contributed by atoms with Crippen molar-refractivity contribution in [2.75, 3.05) is 13.7 Å². The molecule has 14 heavy (non-hydrogen) atoms. The maximum absolute atomic E-state index is 8.82. The molecule has 3 nitrogen and oxygen atoms in total. The maximum Gasteiger partial charge on any atom is 0.122 e. The van der Waals surface area contributed by atoms with E-state index in [9.17, 15) is 0 Å². The van der Waals surface area contributed by atoms with Gasteiger partial charge in [0.2, 0.25) is 0 Å². The molecule has 1 unspecified atom stereocenters. The summed E-state index contributed by atoms with van der Waals surface area (Å²) in [6, 6.07) is 5.78. The first-order valence-electron chi connectivity index (χ1n) is 4.67. The van der Waals surface area contributed by atoms with Crippen LogP contribution in [0.4, 0.5) is 0 Å². The summed E-state index contributed by atoms with van der Waals surface area (Å²) in [5.74, 6) is 0.868. The molecule has 0 radical (unpaired) electrons. The second-order valence-corrected chi connectivity index (χ2v) is 3.45. The average Bonchev–Trinajstić information content (AvgIpc) is 2.20. The highest BCUT2D eigenvalue weighted by molar-refractivity contribution is 5.36. The number of ether oxygens (including phenoxy) is 1. The summed E-state index contributed by atoms with van der Waals surface area (Å²) >= 11 is 0. The molecular weight excluding hydrogens is 178 g/mol. The Balaban J connectivity index is 2.79. The molecule has 3 N–H and O–H groups in total. The van der Waals surface area contributed by atoms with E-state index in [1.807, 2.05) is 25.1 Å². The minimum Gasteiger partial charge on any atom is -0.496 e. The molecular formula is C11H17NO2. The van der Waals surface area contributed by atoms with Crippen molar-refractivity contribution in [3.63, 3.8) is 0 Å². The molecule has 1 rings (SSSR count). The van der Waals surface area contributed by atoms with Gasteiger partial charge in [-0.1, -0.05) is 12.1 Å². The molecule has 78 valence electrons. The van der Waals surface area contributed by atoms with Crippen LogP contribution in [0.3, 0.4) is 0 Å². The number of nitrogens with two attached hydrogens (primary N) is 1. The van der Waals surface area contributed by atoms with Gasteiger partial charge in [-0.25, -0.2) is 0 Å². The number of aliphatic hydroxyl groups is 1. The first-order chi connectivity index (χ1) is 6.67. The zero-order valence-corrected chi connectivity index (χ0v) is 8.66. The second kappa shape index (κ2) is 4.98. The lowest BCUT2D eigenvalue weighted by Crippen LogP contribution is -2.26. The van der Waals surface area contributed by atoms with E-state index in [0.717, 1.165) is 16.9 Å². The van der Waals surface area contributed by atoms with Crippen molar-refractivity contribution >= 4 is 0 Å². The average molecular weight is 195 g/mol. The van der Waals surface area contributed by atoms with Crippen molar-refractivity contribution in [1.29, 1.82) is 0 Å². The number of aliphatic hydroxyl groups excluding tert-OH is 1. The molecule has 0 amide bonds. The molecule has 0 aromatic heterocycles. The molecule has 0 saturated carbocycles. The lowest BCUT2D eigenvalue weighted by atomic mass is 10.0. The van der Waals surface area contributed by atoms with Crippen molar-refractivity contribution in [2.24, 2.45) is 5.73 Å². The Morgan fingerprint density at radius 1 is 1.50 bits per heavy atom. The van der Waals surface area contributed by atoms with Gasteiger partial charge >= 0.3 is 0 Å². The summed E-state index contributed by atoms with van der Waals surface area (Å²) in [5.41, 5.74) is 7.84. The number of hydrogen-bond acceptors (Lipinski definition) is 3. The van der Waals surface area contributed by atoms with Crippen LogP contribution in [0.5, 0.6) is 5.75 Å². The monoisotopic (exact) mass is 195 g/mol. The third kappa shape index (κ3) is 2.72. The fourth-order valence-electron chi connectivity index (χ4n) is 1.36. The van der Waals surface area contributed by atoms with Crippen molar-refractivity contribution < 1.29 is 9.84 Å². The van der Waals surface area contributed by atoms with Gasteiger partial charge in [0, 0.05) is 6.04 Å². The Labute approximate surface area is 84.5 Å². The molecule has 0 fully saturated rings. The van der Waals surface area contributed by atoms with Crippen LogP contribution in [0.15, 0.2) is 18.2 Å². The topological polar surface area (TPSA) is 55.5 Å². The molecule has 0 bridgehead atoms. The molecule has 0 aliphatic carbocycles. The Kier molecular flexibility index (Phi) is 3.92. The van der Waals surface area contributed by atoms with Crippen LogP contribution < -0.4 is 10.5 Å². The Hall–Kier alpha value is -1.06. The van der Waals surface area contributed by atoms with Crippen LogP contribution in [0.2, 0.25) is 0 Å². The fraction of sp³-hybridized carbons (Fsp3) is 0.455. The van der Waals surface area contributed by atoms with Crippen molar-refractivity contribution in [1.82, 2.24) is 0 Å². The van der Waals surface area contributed by atoms with Crippen LogP contribution >= 0.6 is 0 Å². The molecule has 1 aromatic carbocycles. The minimum absolute atomic E-state index is 0.0101. The predicted octanol–water partition coefficient (Wildman–Crippen LogP) is 0.866. The van der Waals surface area contributed by atoms with E-state index in [-0.39, 0.29) is 12.6 Å². The highest BCUT2D eigenvalue weighted by atomic mass is 16.5. The third-order valence-corrected chi connectivity index (χ3v) is 2.20. The van der Waals surface area contributed by atoms with Gasteiger partial charge in [0.25, 0.3) is 0 Å². The number of rotatable bonds is 4. The normalized spacial score (nSPS) is 12.6. The van der Waals surface area contributed by atoms with Gasteiger partial charge < -0.3 is 15.6 Å². The van der Waals surface area contributed by atoms with E-state index >= 15 is 0 Å². The quantitative estimate of drug-likeness (QED) is 0.749. The van der Waals surface area contributed by atoms with Crippen LogP contribution in [-0.4, -0.2) is 24.9 Å². The lowest BCUT2D eigenvalue weighted by Gasteiger charge is -2.10. The van der Waals surface area contributed by atoms with E-state index in [1.54, 1.807) is 7.11 Å². The molecule has 0 aliphatic rings. The summed E-state index contributed by atoms with van der Waals surface area (Å²) in [7, 11) is 1.65.